The van der Waals surface area contributed by atoms with Gasteiger partial charge in [0, 0.05) is 16.3 Å². The summed E-state index contributed by atoms with van der Waals surface area (Å²) in [7, 11) is 1.47. The molecule has 0 saturated carbocycles. The molecule has 0 bridgehead atoms. The van der Waals surface area contributed by atoms with E-state index >= 15 is 0 Å². The fourth-order valence-electron chi connectivity index (χ4n) is 2.53. The van der Waals surface area contributed by atoms with Gasteiger partial charge in [0.1, 0.15) is 23.9 Å². The Morgan fingerprint density at radius 1 is 1.18 bits per heavy atom. The summed E-state index contributed by atoms with van der Waals surface area (Å²) < 4.78 is 10.7. The molecule has 0 spiro atoms. The van der Waals surface area contributed by atoms with Gasteiger partial charge in [-0.2, -0.15) is 0 Å². The van der Waals surface area contributed by atoms with Crippen molar-refractivity contribution >= 4 is 40.5 Å². The predicted octanol–water partition coefficient (Wildman–Crippen LogP) is 4.23. The monoisotopic (exact) mass is 416 g/mol. The van der Waals surface area contributed by atoms with E-state index in [1.54, 1.807) is 36.4 Å². The van der Waals surface area contributed by atoms with Crippen molar-refractivity contribution in [2.45, 2.75) is 6.61 Å². The minimum atomic E-state index is -0.430. The fourth-order valence-corrected chi connectivity index (χ4v) is 2.91. The maximum absolute atomic E-state index is 12.4. The quantitative estimate of drug-likeness (QED) is 0.540. The number of furan rings is 1. The Bertz CT molecular complexity index is 1000. The highest BCUT2D eigenvalue weighted by molar-refractivity contribution is 7.80. The molecule has 0 fully saturated rings. The zero-order valence-electron chi connectivity index (χ0n) is 14.9. The first kappa shape index (κ1) is 19.9. The largest absolute Gasteiger partial charge is 0.496 e. The Hall–Kier alpha value is -2.87. The Labute approximate surface area is 172 Å². The summed E-state index contributed by atoms with van der Waals surface area (Å²) >= 11 is 11.2. The van der Waals surface area contributed by atoms with Crippen molar-refractivity contribution < 1.29 is 19.1 Å². The summed E-state index contributed by atoms with van der Waals surface area (Å²) in [5.74, 6) is 1.12. The molecular weight excluding hydrogens is 400 g/mol. The van der Waals surface area contributed by atoms with Gasteiger partial charge in [0.15, 0.2) is 5.11 Å². The number of thiocarbonyl (C=S) groups is 1. The number of aliphatic hydroxyl groups excluding tert-OH is 1. The third kappa shape index (κ3) is 4.69. The zero-order chi connectivity index (χ0) is 20.1. The van der Waals surface area contributed by atoms with Crippen molar-refractivity contribution in [3.63, 3.8) is 0 Å². The molecule has 28 heavy (non-hydrogen) atoms. The summed E-state index contributed by atoms with van der Waals surface area (Å²) in [6, 6.07) is 15.6. The molecule has 0 unspecified atom stereocenters. The lowest BCUT2D eigenvalue weighted by molar-refractivity contribution is 0.0975. The minimum absolute atomic E-state index is 0.139. The van der Waals surface area contributed by atoms with Crippen LogP contribution in [0.15, 0.2) is 59.0 Å². The molecule has 0 aliphatic carbocycles. The van der Waals surface area contributed by atoms with Gasteiger partial charge in [0.2, 0.25) is 0 Å². The van der Waals surface area contributed by atoms with Gasteiger partial charge >= 0.3 is 0 Å². The average Bonchev–Trinajstić information content (AvgIpc) is 3.17. The maximum atomic E-state index is 12.4. The first-order valence-corrected chi connectivity index (χ1v) is 9.04. The van der Waals surface area contributed by atoms with Crippen LogP contribution in [0.4, 0.5) is 5.69 Å². The number of benzene rings is 2. The van der Waals surface area contributed by atoms with E-state index in [1.165, 1.54) is 13.2 Å². The van der Waals surface area contributed by atoms with Crippen molar-refractivity contribution in [3.05, 3.63) is 70.9 Å². The van der Waals surface area contributed by atoms with Crippen molar-refractivity contribution in [1.29, 1.82) is 0 Å². The fraction of sp³-hybridized carbons (Fsp3) is 0.100. The smallest absolute Gasteiger partial charge is 0.261 e. The standard InChI is InChI=1S/C20H17ClN2O4S/c1-26-18-8-4-13(21)10-16(18)19(25)23-20(28)22-14-5-2-12(3-6-14)17-9-7-15(11-24)27-17/h2-10,24H,11H2,1H3,(H2,22,23,25,28). The molecule has 0 aliphatic heterocycles. The number of hydrogen-bond acceptors (Lipinski definition) is 5. The van der Waals surface area contributed by atoms with Crippen LogP contribution in [0, 0.1) is 0 Å². The van der Waals surface area contributed by atoms with Crippen LogP contribution in [-0.2, 0) is 6.61 Å². The number of halogens is 1. The lowest BCUT2D eigenvalue weighted by atomic mass is 10.1. The van der Waals surface area contributed by atoms with E-state index in [9.17, 15) is 4.79 Å². The van der Waals surface area contributed by atoms with Gasteiger partial charge in [0.05, 0.1) is 12.7 Å². The SMILES string of the molecule is COc1ccc(Cl)cc1C(=O)NC(=S)Nc1ccc(-c2ccc(CO)o2)cc1. The second-order valence-corrected chi connectivity index (χ2v) is 6.60. The molecule has 0 saturated heterocycles. The Balaban J connectivity index is 1.65. The zero-order valence-corrected chi connectivity index (χ0v) is 16.4. The molecule has 1 amide bonds. The summed E-state index contributed by atoms with van der Waals surface area (Å²) in [6.07, 6.45) is 0. The van der Waals surface area contributed by atoms with Gasteiger partial charge in [-0.1, -0.05) is 11.6 Å². The molecule has 0 radical (unpaired) electrons. The molecule has 0 atom stereocenters. The molecule has 1 heterocycles. The third-order valence-corrected chi connectivity index (χ3v) is 4.32. The van der Waals surface area contributed by atoms with Crippen LogP contribution in [0.25, 0.3) is 11.3 Å². The minimum Gasteiger partial charge on any atom is -0.496 e. The highest BCUT2D eigenvalue weighted by Crippen LogP contribution is 2.24. The van der Waals surface area contributed by atoms with Crippen molar-refractivity contribution in [2.75, 3.05) is 12.4 Å². The van der Waals surface area contributed by atoms with Gasteiger partial charge in [-0.25, -0.2) is 0 Å². The van der Waals surface area contributed by atoms with E-state index in [1.807, 2.05) is 12.1 Å². The average molecular weight is 417 g/mol. The number of nitrogens with one attached hydrogen (secondary N) is 2. The molecule has 2 aromatic carbocycles. The van der Waals surface area contributed by atoms with Crippen LogP contribution in [0.3, 0.4) is 0 Å². The van der Waals surface area contributed by atoms with Gasteiger partial charge in [-0.3, -0.25) is 10.1 Å². The van der Waals surface area contributed by atoms with E-state index in [2.05, 4.69) is 10.6 Å². The number of hydrogen-bond donors (Lipinski definition) is 3. The summed E-state index contributed by atoms with van der Waals surface area (Å²) in [5.41, 5.74) is 1.83. The normalized spacial score (nSPS) is 10.4. The second kappa shape index (κ2) is 8.88. The van der Waals surface area contributed by atoms with E-state index < -0.39 is 5.91 Å². The molecule has 6 nitrogen and oxygen atoms in total. The molecule has 8 heteroatoms. The molecular formula is C20H17ClN2O4S. The molecule has 3 rings (SSSR count). The first-order valence-electron chi connectivity index (χ1n) is 8.26. The van der Waals surface area contributed by atoms with E-state index in [0.29, 0.717) is 28.0 Å². The van der Waals surface area contributed by atoms with Crippen LogP contribution in [0.1, 0.15) is 16.1 Å². The number of carbonyl (C=O) groups excluding carboxylic acids is 1. The van der Waals surface area contributed by atoms with Crippen LogP contribution in [0.2, 0.25) is 5.02 Å². The van der Waals surface area contributed by atoms with Crippen molar-refractivity contribution in [1.82, 2.24) is 5.32 Å². The molecule has 144 valence electrons. The molecule has 3 N–H and O–H groups in total. The Kier molecular flexibility index (Phi) is 6.30. The van der Waals surface area contributed by atoms with E-state index in [0.717, 1.165) is 5.56 Å². The van der Waals surface area contributed by atoms with Crippen LogP contribution >= 0.6 is 23.8 Å². The van der Waals surface area contributed by atoms with Gasteiger partial charge in [-0.15, -0.1) is 0 Å². The predicted molar refractivity (Wildman–Crippen MR) is 112 cm³/mol. The molecule has 1 aromatic heterocycles. The lowest BCUT2D eigenvalue weighted by Crippen LogP contribution is -2.34. The maximum Gasteiger partial charge on any atom is 0.261 e. The second-order valence-electron chi connectivity index (χ2n) is 5.75. The number of rotatable bonds is 5. The Morgan fingerprint density at radius 2 is 1.93 bits per heavy atom. The number of methoxy groups -OCH3 is 1. The van der Waals surface area contributed by atoms with Gasteiger partial charge in [-0.05, 0) is 66.8 Å². The Morgan fingerprint density at radius 3 is 2.57 bits per heavy atom. The number of aliphatic hydroxyl groups is 1. The number of anilines is 1. The van der Waals surface area contributed by atoms with Crippen molar-refractivity contribution in [3.8, 4) is 17.1 Å². The van der Waals surface area contributed by atoms with Crippen LogP contribution < -0.4 is 15.4 Å². The van der Waals surface area contributed by atoms with Crippen LogP contribution in [0.5, 0.6) is 5.75 Å². The van der Waals surface area contributed by atoms with Gasteiger partial charge in [0.25, 0.3) is 5.91 Å². The highest BCUT2D eigenvalue weighted by atomic mass is 35.5. The van der Waals surface area contributed by atoms with Crippen LogP contribution in [-0.4, -0.2) is 23.2 Å². The molecule has 0 aliphatic rings. The van der Waals surface area contributed by atoms with E-state index in [4.69, 9.17) is 38.1 Å². The highest BCUT2D eigenvalue weighted by Gasteiger charge is 2.14. The number of ether oxygens (including phenoxy) is 1. The number of carbonyl (C=O) groups is 1. The van der Waals surface area contributed by atoms with Gasteiger partial charge < -0.3 is 19.6 Å². The number of amides is 1. The summed E-state index contributed by atoms with van der Waals surface area (Å²) in [6.45, 7) is -0.148. The topological polar surface area (TPSA) is 83.7 Å². The van der Waals surface area contributed by atoms with E-state index in [-0.39, 0.29) is 17.3 Å². The van der Waals surface area contributed by atoms with Crippen molar-refractivity contribution in [2.24, 2.45) is 0 Å². The first-order chi connectivity index (χ1) is 13.5. The summed E-state index contributed by atoms with van der Waals surface area (Å²) in [4.78, 5) is 12.4. The lowest BCUT2D eigenvalue weighted by Gasteiger charge is -2.12. The third-order valence-electron chi connectivity index (χ3n) is 3.88. The summed E-state index contributed by atoms with van der Waals surface area (Å²) in [5, 5.41) is 15.2. The molecule has 3 aromatic rings.